The van der Waals surface area contributed by atoms with E-state index < -0.39 is 0 Å². The van der Waals surface area contributed by atoms with Crippen LogP contribution in [0.4, 0.5) is 0 Å². The van der Waals surface area contributed by atoms with E-state index in [0.29, 0.717) is 24.5 Å². The summed E-state index contributed by atoms with van der Waals surface area (Å²) in [6.45, 7) is 2.29. The van der Waals surface area contributed by atoms with E-state index in [1.807, 2.05) is 6.92 Å². The summed E-state index contributed by atoms with van der Waals surface area (Å²) in [6.07, 6.45) is 8.98. The molecule has 3 N–H and O–H groups in total. The minimum absolute atomic E-state index is 0. The number of nitrogens with one attached hydrogen (secondary N) is 1. The second-order valence-electron chi connectivity index (χ2n) is 8.01. The van der Waals surface area contributed by atoms with E-state index in [0.717, 1.165) is 38.5 Å². The maximum Gasteiger partial charge on any atom is 0.308 e. The van der Waals surface area contributed by atoms with Crippen molar-refractivity contribution >= 4 is 24.3 Å². The van der Waals surface area contributed by atoms with Gasteiger partial charge >= 0.3 is 5.97 Å². The van der Waals surface area contributed by atoms with Gasteiger partial charge in [0, 0.05) is 18.0 Å². The van der Waals surface area contributed by atoms with Crippen molar-refractivity contribution in [1.82, 2.24) is 5.32 Å². The maximum atomic E-state index is 12.7. The Morgan fingerprint density at radius 3 is 2.16 bits per heavy atom. The van der Waals surface area contributed by atoms with Gasteiger partial charge < -0.3 is 15.8 Å². The fourth-order valence-electron chi connectivity index (χ4n) is 5.06. The van der Waals surface area contributed by atoms with Gasteiger partial charge in [-0.15, -0.1) is 12.4 Å². The highest BCUT2D eigenvalue weighted by atomic mass is 35.5. The molecular formula is C19H33ClN2O3. The van der Waals surface area contributed by atoms with Gasteiger partial charge in [0.2, 0.25) is 5.91 Å². The first-order valence-corrected chi connectivity index (χ1v) is 9.81. The van der Waals surface area contributed by atoms with Gasteiger partial charge in [-0.2, -0.15) is 0 Å². The summed E-state index contributed by atoms with van der Waals surface area (Å²) >= 11 is 0. The molecule has 0 radical (unpaired) electrons. The van der Waals surface area contributed by atoms with Crippen molar-refractivity contribution in [1.29, 1.82) is 0 Å². The van der Waals surface area contributed by atoms with Crippen LogP contribution in [0.1, 0.15) is 64.7 Å². The molecule has 0 heterocycles. The Bertz CT molecular complexity index is 452. The highest BCUT2D eigenvalue weighted by Gasteiger charge is 2.41. The lowest BCUT2D eigenvalue weighted by Crippen LogP contribution is -2.50. The van der Waals surface area contributed by atoms with Crippen LogP contribution in [0.15, 0.2) is 0 Å². The predicted molar refractivity (Wildman–Crippen MR) is 99.3 cm³/mol. The molecule has 2 bridgehead atoms. The van der Waals surface area contributed by atoms with Crippen molar-refractivity contribution in [2.45, 2.75) is 76.8 Å². The van der Waals surface area contributed by atoms with Crippen molar-refractivity contribution in [2.75, 3.05) is 6.61 Å². The van der Waals surface area contributed by atoms with Gasteiger partial charge in [-0.05, 0) is 70.1 Å². The van der Waals surface area contributed by atoms with Crippen molar-refractivity contribution in [3.63, 3.8) is 0 Å². The quantitative estimate of drug-likeness (QED) is 0.743. The Morgan fingerprint density at radius 2 is 1.60 bits per heavy atom. The molecular weight excluding hydrogens is 340 g/mol. The van der Waals surface area contributed by atoms with Gasteiger partial charge in [0.05, 0.1) is 12.5 Å². The zero-order valence-corrected chi connectivity index (χ0v) is 16.1. The molecule has 2 atom stereocenters. The summed E-state index contributed by atoms with van der Waals surface area (Å²) in [5.41, 5.74) is 6.32. The first-order chi connectivity index (χ1) is 11.6. The smallest absolute Gasteiger partial charge is 0.308 e. The number of halogens is 1. The molecule has 5 nitrogen and oxygen atoms in total. The fourth-order valence-corrected chi connectivity index (χ4v) is 5.06. The lowest BCUT2D eigenvalue weighted by atomic mass is 9.65. The minimum Gasteiger partial charge on any atom is -0.466 e. The van der Waals surface area contributed by atoms with Gasteiger partial charge in [-0.1, -0.05) is 6.42 Å². The highest BCUT2D eigenvalue weighted by molar-refractivity contribution is 5.85. The number of hydrogen-bond donors (Lipinski definition) is 2. The number of ether oxygens (including phenoxy) is 1. The molecule has 2 unspecified atom stereocenters. The van der Waals surface area contributed by atoms with Crippen LogP contribution in [0.3, 0.4) is 0 Å². The molecule has 0 aromatic carbocycles. The van der Waals surface area contributed by atoms with E-state index >= 15 is 0 Å². The summed E-state index contributed by atoms with van der Waals surface area (Å²) < 4.78 is 5.11. The third-order valence-corrected chi connectivity index (χ3v) is 6.48. The lowest BCUT2D eigenvalue weighted by Gasteiger charge is -2.44. The third-order valence-electron chi connectivity index (χ3n) is 6.48. The summed E-state index contributed by atoms with van der Waals surface area (Å²) in [4.78, 5) is 24.5. The topological polar surface area (TPSA) is 81.4 Å². The number of carbonyl (C=O) groups is 2. The second kappa shape index (κ2) is 9.22. The first-order valence-electron chi connectivity index (χ1n) is 9.81. The molecule has 3 rings (SSSR count). The van der Waals surface area contributed by atoms with Gasteiger partial charge in [0.1, 0.15) is 0 Å². The Balaban J connectivity index is 0.00000225. The number of carbonyl (C=O) groups excluding carboxylic acids is 2. The van der Waals surface area contributed by atoms with Crippen LogP contribution in [-0.2, 0) is 14.3 Å². The van der Waals surface area contributed by atoms with E-state index in [1.165, 1.54) is 19.3 Å². The number of fused-ring (bicyclic) bond motifs is 2. The maximum absolute atomic E-state index is 12.7. The van der Waals surface area contributed by atoms with E-state index in [2.05, 4.69) is 5.32 Å². The minimum atomic E-state index is -0.0728. The fraction of sp³-hybridized carbons (Fsp3) is 0.895. The molecule has 0 aromatic heterocycles. The predicted octanol–water partition coefficient (Wildman–Crippen LogP) is 2.80. The Labute approximate surface area is 157 Å². The van der Waals surface area contributed by atoms with Crippen molar-refractivity contribution in [3.05, 3.63) is 0 Å². The molecule has 144 valence electrons. The second-order valence-corrected chi connectivity index (χ2v) is 8.01. The number of amides is 1. The summed E-state index contributed by atoms with van der Waals surface area (Å²) in [7, 11) is 0. The number of hydrogen-bond acceptors (Lipinski definition) is 4. The van der Waals surface area contributed by atoms with Crippen LogP contribution in [0, 0.1) is 23.7 Å². The van der Waals surface area contributed by atoms with Crippen LogP contribution >= 0.6 is 12.4 Å². The molecule has 25 heavy (non-hydrogen) atoms. The summed E-state index contributed by atoms with van der Waals surface area (Å²) in [6, 6.07) is 0.529. The third kappa shape index (κ3) is 4.88. The van der Waals surface area contributed by atoms with Crippen molar-refractivity contribution in [3.8, 4) is 0 Å². The zero-order valence-electron chi connectivity index (χ0n) is 15.2. The molecule has 0 aliphatic heterocycles. The van der Waals surface area contributed by atoms with E-state index in [4.69, 9.17) is 10.5 Å². The monoisotopic (exact) mass is 372 g/mol. The summed E-state index contributed by atoms with van der Waals surface area (Å²) in [5.74, 6) is 1.38. The molecule has 0 aromatic rings. The lowest BCUT2D eigenvalue weighted by molar-refractivity contribution is -0.149. The Kier molecular flexibility index (Phi) is 7.56. The van der Waals surface area contributed by atoms with Crippen LogP contribution in [0.25, 0.3) is 0 Å². The molecule has 0 spiro atoms. The van der Waals surface area contributed by atoms with E-state index in [-0.39, 0.29) is 42.2 Å². The molecule has 3 fully saturated rings. The first kappa shape index (κ1) is 20.5. The van der Waals surface area contributed by atoms with Crippen LogP contribution in [0.2, 0.25) is 0 Å². The number of esters is 1. The molecule has 3 aliphatic carbocycles. The van der Waals surface area contributed by atoms with Crippen molar-refractivity contribution in [2.24, 2.45) is 29.4 Å². The number of nitrogens with two attached hydrogens (primary N) is 1. The molecule has 0 saturated heterocycles. The largest absolute Gasteiger partial charge is 0.466 e. The SMILES string of the molecule is CCOC(=O)C1CCC(NC(=O)C2CC3CCCC(C2)C3N)CC1.Cl. The standard InChI is InChI=1S/C19H32N2O3.ClH/c1-2-24-19(23)12-6-8-16(9-7-12)21-18(22)15-10-13-4-3-5-14(11-15)17(13)20;/h12-17H,2-11,20H2,1H3,(H,21,22);1H. The summed E-state index contributed by atoms with van der Waals surface area (Å²) in [5, 5.41) is 3.25. The molecule has 3 aliphatic rings. The van der Waals surface area contributed by atoms with Gasteiger partial charge in [0.25, 0.3) is 0 Å². The van der Waals surface area contributed by atoms with Crippen LogP contribution in [-0.4, -0.2) is 30.6 Å². The van der Waals surface area contributed by atoms with E-state index in [1.54, 1.807) is 0 Å². The normalized spacial score (nSPS) is 37.5. The highest BCUT2D eigenvalue weighted by Crippen LogP contribution is 2.42. The molecule has 6 heteroatoms. The Morgan fingerprint density at radius 1 is 1.00 bits per heavy atom. The van der Waals surface area contributed by atoms with Gasteiger partial charge in [-0.3, -0.25) is 9.59 Å². The molecule has 3 saturated carbocycles. The van der Waals surface area contributed by atoms with Gasteiger partial charge in [-0.25, -0.2) is 0 Å². The van der Waals surface area contributed by atoms with E-state index in [9.17, 15) is 9.59 Å². The molecule has 1 amide bonds. The van der Waals surface area contributed by atoms with Crippen LogP contribution < -0.4 is 11.1 Å². The van der Waals surface area contributed by atoms with Crippen LogP contribution in [0.5, 0.6) is 0 Å². The van der Waals surface area contributed by atoms with Crippen molar-refractivity contribution < 1.29 is 14.3 Å². The average molecular weight is 373 g/mol. The van der Waals surface area contributed by atoms with Gasteiger partial charge in [0.15, 0.2) is 0 Å². The average Bonchev–Trinajstić information content (AvgIpc) is 2.55. The Hall–Kier alpha value is -0.810. The zero-order chi connectivity index (χ0) is 17.1. The number of rotatable bonds is 4.